The lowest BCUT2D eigenvalue weighted by Crippen LogP contribution is -2.01. The van der Waals surface area contributed by atoms with Gasteiger partial charge in [0.1, 0.15) is 0 Å². The molecule has 0 aliphatic carbocycles. The van der Waals surface area contributed by atoms with E-state index in [1.807, 2.05) is 20.3 Å². The standard InChI is InChI=1S/C9H18N2/c1-5-6-7-9(2)8-10-11(3)4/h7-8H,5-6H2,1-4H3/b9-7+,10-8+. The molecule has 0 unspecified atom stereocenters. The highest BCUT2D eigenvalue weighted by atomic mass is 15.4. The average molecular weight is 154 g/mol. The minimum absolute atomic E-state index is 1.14. The fraction of sp³-hybridized carbons (Fsp3) is 0.667. The first-order valence-electron chi connectivity index (χ1n) is 4.05. The van der Waals surface area contributed by atoms with Crippen LogP contribution in [0.2, 0.25) is 0 Å². The zero-order valence-corrected chi connectivity index (χ0v) is 7.96. The molecule has 0 fully saturated rings. The normalized spacial score (nSPS) is 12.5. The summed E-state index contributed by atoms with van der Waals surface area (Å²) in [7, 11) is 3.84. The molecule has 0 saturated carbocycles. The molecule has 0 rings (SSSR count). The van der Waals surface area contributed by atoms with Crippen molar-refractivity contribution in [3.63, 3.8) is 0 Å². The van der Waals surface area contributed by atoms with Gasteiger partial charge in [-0.15, -0.1) is 0 Å². The number of hydrogen-bond donors (Lipinski definition) is 0. The van der Waals surface area contributed by atoms with Crippen molar-refractivity contribution in [3.05, 3.63) is 11.6 Å². The van der Waals surface area contributed by atoms with E-state index in [2.05, 4.69) is 25.0 Å². The quantitative estimate of drug-likeness (QED) is 0.448. The fourth-order valence-corrected chi connectivity index (χ4v) is 0.631. The van der Waals surface area contributed by atoms with Crippen LogP contribution in [0.5, 0.6) is 0 Å². The molecule has 0 N–H and O–H groups in total. The monoisotopic (exact) mass is 154 g/mol. The molecule has 0 saturated heterocycles. The number of hydrazone groups is 1. The van der Waals surface area contributed by atoms with Gasteiger partial charge in [0, 0.05) is 20.3 Å². The number of rotatable bonds is 4. The molecule has 0 atom stereocenters. The molecule has 11 heavy (non-hydrogen) atoms. The Morgan fingerprint density at radius 2 is 2.09 bits per heavy atom. The van der Waals surface area contributed by atoms with E-state index in [9.17, 15) is 0 Å². The van der Waals surface area contributed by atoms with Gasteiger partial charge < -0.3 is 5.01 Å². The van der Waals surface area contributed by atoms with Crippen LogP contribution in [0.15, 0.2) is 16.8 Å². The number of allylic oxidation sites excluding steroid dienone is 2. The second-order valence-electron chi connectivity index (χ2n) is 2.83. The maximum Gasteiger partial charge on any atom is 0.0496 e. The van der Waals surface area contributed by atoms with Crippen molar-refractivity contribution in [2.75, 3.05) is 14.1 Å². The van der Waals surface area contributed by atoms with Gasteiger partial charge >= 0.3 is 0 Å². The van der Waals surface area contributed by atoms with Crippen LogP contribution in [-0.2, 0) is 0 Å². The molecule has 0 bridgehead atoms. The Balaban J connectivity index is 3.75. The average Bonchev–Trinajstić information content (AvgIpc) is 1.97. The van der Waals surface area contributed by atoms with Gasteiger partial charge in [-0.25, -0.2) is 0 Å². The summed E-state index contributed by atoms with van der Waals surface area (Å²) in [5, 5.41) is 5.91. The van der Waals surface area contributed by atoms with Crippen LogP contribution in [-0.4, -0.2) is 25.3 Å². The molecule has 0 heterocycles. The number of unbranched alkanes of at least 4 members (excludes halogenated alkanes) is 1. The van der Waals surface area contributed by atoms with E-state index in [1.165, 1.54) is 12.0 Å². The van der Waals surface area contributed by atoms with Gasteiger partial charge in [0.25, 0.3) is 0 Å². The van der Waals surface area contributed by atoms with Crippen molar-refractivity contribution in [3.8, 4) is 0 Å². The lowest BCUT2D eigenvalue weighted by atomic mass is 10.2. The van der Waals surface area contributed by atoms with Gasteiger partial charge in [0.05, 0.1) is 0 Å². The van der Waals surface area contributed by atoms with Gasteiger partial charge in [-0.3, -0.25) is 0 Å². The van der Waals surface area contributed by atoms with E-state index in [0.29, 0.717) is 0 Å². The second kappa shape index (κ2) is 5.96. The summed E-state index contributed by atoms with van der Waals surface area (Å²) < 4.78 is 0. The van der Waals surface area contributed by atoms with Gasteiger partial charge in [-0.1, -0.05) is 19.4 Å². The summed E-state index contributed by atoms with van der Waals surface area (Å²) in [6.45, 7) is 4.25. The molecule has 0 aliphatic rings. The molecule has 0 aromatic heterocycles. The first-order chi connectivity index (χ1) is 5.16. The lowest BCUT2D eigenvalue weighted by Gasteiger charge is -2.01. The van der Waals surface area contributed by atoms with Gasteiger partial charge in [0.2, 0.25) is 0 Å². The van der Waals surface area contributed by atoms with E-state index in [-0.39, 0.29) is 0 Å². The van der Waals surface area contributed by atoms with Crippen LogP contribution in [0.1, 0.15) is 26.7 Å². The first-order valence-corrected chi connectivity index (χ1v) is 4.05. The SMILES string of the molecule is CCC/C=C(C)/C=N/N(C)C. The third-order valence-corrected chi connectivity index (χ3v) is 1.25. The van der Waals surface area contributed by atoms with Crippen LogP contribution < -0.4 is 0 Å². The Labute approximate surface area is 69.6 Å². The second-order valence-corrected chi connectivity index (χ2v) is 2.83. The van der Waals surface area contributed by atoms with Crippen LogP contribution in [0, 0.1) is 0 Å². The Morgan fingerprint density at radius 3 is 2.55 bits per heavy atom. The van der Waals surface area contributed by atoms with Crippen molar-refractivity contribution in [2.45, 2.75) is 26.7 Å². The molecule has 2 nitrogen and oxygen atoms in total. The zero-order chi connectivity index (χ0) is 8.69. The Bertz CT molecular complexity index is 146. The van der Waals surface area contributed by atoms with Gasteiger partial charge in [0.15, 0.2) is 0 Å². The Hall–Kier alpha value is -0.790. The van der Waals surface area contributed by atoms with Crippen molar-refractivity contribution >= 4 is 6.21 Å². The fourth-order valence-electron chi connectivity index (χ4n) is 0.631. The minimum Gasteiger partial charge on any atom is -0.303 e. The van der Waals surface area contributed by atoms with Crippen LogP contribution in [0.4, 0.5) is 0 Å². The highest BCUT2D eigenvalue weighted by Gasteiger charge is 1.82. The van der Waals surface area contributed by atoms with Crippen molar-refractivity contribution < 1.29 is 0 Å². The number of nitrogens with zero attached hydrogens (tertiary/aromatic N) is 2. The highest BCUT2D eigenvalue weighted by molar-refractivity contribution is 5.77. The van der Waals surface area contributed by atoms with Crippen molar-refractivity contribution in [1.82, 2.24) is 5.01 Å². The molecule has 0 aromatic carbocycles. The summed E-state index contributed by atoms with van der Waals surface area (Å²) in [5.74, 6) is 0. The van der Waals surface area contributed by atoms with E-state index in [4.69, 9.17) is 0 Å². The molecular formula is C9H18N2. The maximum absolute atomic E-state index is 4.12. The van der Waals surface area contributed by atoms with E-state index >= 15 is 0 Å². The molecular weight excluding hydrogens is 136 g/mol. The van der Waals surface area contributed by atoms with Crippen LogP contribution in [0.3, 0.4) is 0 Å². The zero-order valence-electron chi connectivity index (χ0n) is 7.96. The minimum atomic E-state index is 1.14. The molecule has 0 aromatic rings. The van der Waals surface area contributed by atoms with Crippen LogP contribution in [0.25, 0.3) is 0 Å². The Kier molecular flexibility index (Phi) is 5.53. The Morgan fingerprint density at radius 1 is 1.45 bits per heavy atom. The topological polar surface area (TPSA) is 15.6 Å². The van der Waals surface area contributed by atoms with E-state index < -0.39 is 0 Å². The molecule has 0 amide bonds. The third kappa shape index (κ3) is 7.10. The van der Waals surface area contributed by atoms with E-state index in [1.54, 1.807) is 5.01 Å². The summed E-state index contributed by atoms with van der Waals surface area (Å²) in [5.41, 5.74) is 1.24. The van der Waals surface area contributed by atoms with Gasteiger partial charge in [-0.05, 0) is 18.9 Å². The predicted molar refractivity (Wildman–Crippen MR) is 50.8 cm³/mol. The molecule has 2 heteroatoms. The van der Waals surface area contributed by atoms with Gasteiger partial charge in [-0.2, -0.15) is 5.10 Å². The highest BCUT2D eigenvalue weighted by Crippen LogP contribution is 1.95. The third-order valence-electron chi connectivity index (χ3n) is 1.25. The van der Waals surface area contributed by atoms with E-state index in [0.717, 1.165) is 6.42 Å². The lowest BCUT2D eigenvalue weighted by molar-refractivity contribution is 0.440. The molecule has 64 valence electrons. The summed E-state index contributed by atoms with van der Waals surface area (Å²) in [6.07, 6.45) is 6.43. The molecule has 0 aliphatic heterocycles. The van der Waals surface area contributed by atoms with Crippen LogP contribution >= 0.6 is 0 Å². The molecule has 0 spiro atoms. The van der Waals surface area contributed by atoms with Crippen molar-refractivity contribution in [2.24, 2.45) is 5.10 Å². The first kappa shape index (κ1) is 10.2. The maximum atomic E-state index is 4.12. The summed E-state index contributed by atoms with van der Waals surface area (Å²) in [6, 6.07) is 0. The predicted octanol–water partition coefficient (Wildman–Crippen LogP) is 2.28. The van der Waals surface area contributed by atoms with Crippen molar-refractivity contribution in [1.29, 1.82) is 0 Å². The largest absolute Gasteiger partial charge is 0.303 e. The molecule has 0 radical (unpaired) electrons. The number of hydrogen-bond acceptors (Lipinski definition) is 2. The summed E-state index contributed by atoms with van der Waals surface area (Å²) >= 11 is 0. The smallest absolute Gasteiger partial charge is 0.0496 e. The summed E-state index contributed by atoms with van der Waals surface area (Å²) in [4.78, 5) is 0.